The van der Waals surface area contributed by atoms with Crippen LogP contribution in [0, 0.1) is 5.82 Å². The van der Waals surface area contributed by atoms with Crippen molar-refractivity contribution in [3.63, 3.8) is 0 Å². The molecule has 1 heterocycles. The Morgan fingerprint density at radius 2 is 1.79 bits per heavy atom. The molecule has 1 fully saturated rings. The van der Waals surface area contributed by atoms with E-state index in [1.165, 1.54) is 41.4 Å². The number of anilines is 1. The topological polar surface area (TPSA) is 109 Å². The van der Waals surface area contributed by atoms with E-state index < -0.39 is 0 Å². The number of carbonyl (C=O) groups excluding carboxylic acids is 2. The van der Waals surface area contributed by atoms with Gasteiger partial charge in [0.1, 0.15) is 18.1 Å². The third-order valence-corrected chi connectivity index (χ3v) is 6.47. The summed E-state index contributed by atoms with van der Waals surface area (Å²) in [5.74, 6) is -0.550. The van der Waals surface area contributed by atoms with Gasteiger partial charge < -0.3 is 15.7 Å². The maximum Gasteiger partial charge on any atom is 0.242 e. The maximum atomic E-state index is 13.1. The summed E-state index contributed by atoms with van der Waals surface area (Å²) in [6.45, 7) is -0.0426. The molecule has 0 unspecified atom stereocenters. The molecule has 34 heavy (non-hydrogen) atoms. The summed E-state index contributed by atoms with van der Waals surface area (Å²) in [7, 11) is 0. The maximum absolute atomic E-state index is 13.1. The lowest BCUT2D eigenvalue weighted by atomic mass is 9.95. The summed E-state index contributed by atoms with van der Waals surface area (Å²) >= 11 is 1.13. The number of hydrogen-bond donors (Lipinski definition) is 3. The van der Waals surface area contributed by atoms with Crippen LogP contribution in [0.5, 0.6) is 5.75 Å². The van der Waals surface area contributed by atoms with Gasteiger partial charge in [-0.3, -0.25) is 9.59 Å². The lowest BCUT2D eigenvalue weighted by molar-refractivity contribution is -0.123. The Hall–Kier alpha value is -3.40. The average Bonchev–Trinajstić information content (AvgIpc) is 3.22. The van der Waals surface area contributed by atoms with Gasteiger partial charge in [-0.2, -0.15) is 0 Å². The molecule has 10 heteroatoms. The third kappa shape index (κ3) is 6.34. The van der Waals surface area contributed by atoms with Crippen LogP contribution in [0.1, 0.15) is 32.1 Å². The molecule has 1 saturated carbocycles. The van der Waals surface area contributed by atoms with Gasteiger partial charge in [0, 0.05) is 11.7 Å². The minimum Gasteiger partial charge on any atom is -0.507 e. The summed E-state index contributed by atoms with van der Waals surface area (Å²) < 4.78 is 14.5. The first-order valence-corrected chi connectivity index (χ1v) is 12.2. The van der Waals surface area contributed by atoms with Crippen LogP contribution in [0.15, 0.2) is 53.7 Å². The Morgan fingerprint density at radius 1 is 1.06 bits per heavy atom. The van der Waals surface area contributed by atoms with Crippen LogP contribution >= 0.6 is 11.8 Å². The van der Waals surface area contributed by atoms with Gasteiger partial charge in [-0.25, -0.2) is 14.1 Å². The smallest absolute Gasteiger partial charge is 0.242 e. The van der Waals surface area contributed by atoms with Gasteiger partial charge in [0.15, 0.2) is 11.0 Å². The molecule has 178 valence electrons. The molecule has 4 rings (SSSR count). The number of nitrogens with zero attached hydrogens (tertiary/aromatic N) is 3. The number of hydrogen-bond acceptors (Lipinski definition) is 6. The fourth-order valence-electron chi connectivity index (χ4n) is 3.83. The monoisotopic (exact) mass is 483 g/mol. The lowest BCUT2D eigenvalue weighted by Gasteiger charge is -2.22. The zero-order chi connectivity index (χ0) is 23.9. The fraction of sp³-hybridized carbons (Fsp3) is 0.333. The van der Waals surface area contributed by atoms with E-state index in [1.54, 1.807) is 18.2 Å². The zero-order valence-corrected chi connectivity index (χ0v) is 19.4. The van der Waals surface area contributed by atoms with Crippen LogP contribution in [-0.4, -0.2) is 43.5 Å². The van der Waals surface area contributed by atoms with Crippen molar-refractivity contribution in [3.05, 3.63) is 54.3 Å². The largest absolute Gasteiger partial charge is 0.507 e. The van der Waals surface area contributed by atoms with Crippen molar-refractivity contribution in [2.24, 2.45) is 0 Å². The van der Waals surface area contributed by atoms with Crippen molar-refractivity contribution in [1.29, 1.82) is 0 Å². The first-order valence-electron chi connectivity index (χ1n) is 11.2. The number of nitrogens with one attached hydrogen (secondary N) is 2. The Morgan fingerprint density at radius 3 is 2.53 bits per heavy atom. The van der Waals surface area contributed by atoms with Gasteiger partial charge in [-0.15, -0.1) is 5.10 Å². The van der Waals surface area contributed by atoms with E-state index in [-0.39, 0.29) is 47.5 Å². The number of phenols is 1. The molecule has 3 aromatic rings. The molecule has 0 spiro atoms. The van der Waals surface area contributed by atoms with Gasteiger partial charge in [-0.1, -0.05) is 43.2 Å². The second-order valence-electron chi connectivity index (χ2n) is 8.14. The minimum absolute atomic E-state index is 0.0144. The van der Waals surface area contributed by atoms with Gasteiger partial charge in [-0.05, 0) is 49.2 Å². The quantitative estimate of drug-likeness (QED) is 0.419. The molecule has 0 atom stereocenters. The van der Waals surface area contributed by atoms with Gasteiger partial charge in [0.05, 0.1) is 11.3 Å². The Labute approximate surface area is 201 Å². The van der Waals surface area contributed by atoms with Crippen LogP contribution in [0.3, 0.4) is 0 Å². The lowest BCUT2D eigenvalue weighted by Crippen LogP contribution is -2.38. The van der Waals surface area contributed by atoms with E-state index in [2.05, 4.69) is 20.7 Å². The highest BCUT2D eigenvalue weighted by atomic mass is 32.2. The van der Waals surface area contributed by atoms with Crippen molar-refractivity contribution in [2.75, 3.05) is 11.1 Å². The van der Waals surface area contributed by atoms with Crippen molar-refractivity contribution in [2.45, 2.75) is 49.8 Å². The van der Waals surface area contributed by atoms with E-state index in [0.717, 1.165) is 37.4 Å². The highest BCUT2D eigenvalue weighted by molar-refractivity contribution is 7.99. The second-order valence-corrected chi connectivity index (χ2v) is 9.08. The minimum atomic E-state index is -0.385. The van der Waals surface area contributed by atoms with Crippen molar-refractivity contribution in [3.8, 4) is 17.1 Å². The van der Waals surface area contributed by atoms with E-state index >= 15 is 0 Å². The van der Waals surface area contributed by atoms with Crippen molar-refractivity contribution >= 4 is 29.3 Å². The number of rotatable bonds is 8. The number of thioether (sulfide) groups is 1. The summed E-state index contributed by atoms with van der Waals surface area (Å²) in [6.07, 6.45) is 5.35. The predicted molar refractivity (Wildman–Crippen MR) is 128 cm³/mol. The molecule has 0 bridgehead atoms. The second kappa shape index (κ2) is 11.1. The van der Waals surface area contributed by atoms with Gasteiger partial charge >= 0.3 is 0 Å². The third-order valence-electron chi connectivity index (χ3n) is 5.51. The summed E-state index contributed by atoms with van der Waals surface area (Å²) in [5.41, 5.74) is 0.918. The zero-order valence-electron chi connectivity index (χ0n) is 18.5. The summed E-state index contributed by atoms with van der Waals surface area (Å²) in [5, 5.41) is 20.8. The number of aromatic nitrogens is 3. The molecule has 2 aromatic carbocycles. The van der Waals surface area contributed by atoms with Crippen LogP contribution < -0.4 is 10.6 Å². The number of amides is 2. The molecular weight excluding hydrogens is 457 g/mol. The molecule has 8 nitrogen and oxygen atoms in total. The van der Waals surface area contributed by atoms with Crippen LogP contribution in [0.2, 0.25) is 0 Å². The molecule has 0 saturated heterocycles. The van der Waals surface area contributed by atoms with Crippen LogP contribution in [0.25, 0.3) is 11.4 Å². The normalized spacial score (nSPS) is 14.0. The number of carbonyl (C=O) groups is 2. The molecule has 0 aliphatic heterocycles. The predicted octanol–water partition coefficient (Wildman–Crippen LogP) is 3.97. The number of para-hydroxylation sites is 1. The number of halogens is 1. The van der Waals surface area contributed by atoms with Crippen LogP contribution in [0.4, 0.5) is 10.1 Å². The van der Waals surface area contributed by atoms with E-state index in [1.807, 2.05) is 0 Å². The van der Waals surface area contributed by atoms with Gasteiger partial charge in [0.25, 0.3) is 0 Å². The SMILES string of the molecule is O=C(CSc1nc(-c2ccccc2O)nn1CC(=O)NC1CCCCC1)Nc1ccc(F)cc1. The molecule has 0 radical (unpaired) electrons. The molecule has 1 aromatic heterocycles. The Kier molecular flexibility index (Phi) is 7.79. The highest BCUT2D eigenvalue weighted by Crippen LogP contribution is 2.28. The summed E-state index contributed by atoms with van der Waals surface area (Å²) in [6, 6.07) is 12.3. The molecule has 3 N–H and O–H groups in total. The number of aromatic hydroxyl groups is 1. The Bertz CT molecular complexity index is 1150. The van der Waals surface area contributed by atoms with Crippen molar-refractivity contribution < 1.29 is 19.1 Å². The first kappa shape index (κ1) is 23.7. The van der Waals surface area contributed by atoms with Gasteiger partial charge in [0.2, 0.25) is 11.8 Å². The Balaban J connectivity index is 1.47. The molecule has 2 amide bonds. The van der Waals surface area contributed by atoms with E-state index in [9.17, 15) is 19.1 Å². The van der Waals surface area contributed by atoms with Crippen molar-refractivity contribution in [1.82, 2.24) is 20.1 Å². The molecule has 1 aliphatic rings. The number of phenolic OH excluding ortho intramolecular Hbond substituents is 1. The van der Waals surface area contributed by atoms with E-state index in [0.29, 0.717) is 16.4 Å². The average molecular weight is 484 g/mol. The summed E-state index contributed by atoms with van der Waals surface area (Å²) in [4.78, 5) is 29.6. The standard InChI is InChI=1S/C24H26FN5O3S/c25-16-10-12-18(13-11-16)27-22(33)15-34-24-28-23(19-8-4-5-9-20(19)31)29-30(24)14-21(32)26-17-6-2-1-3-7-17/h4-5,8-13,17,31H,1-3,6-7,14-15H2,(H,26,32)(H,27,33). The number of benzene rings is 2. The fourth-order valence-corrected chi connectivity index (χ4v) is 4.57. The van der Waals surface area contributed by atoms with Crippen LogP contribution in [-0.2, 0) is 16.1 Å². The first-order chi connectivity index (χ1) is 16.5. The highest BCUT2D eigenvalue weighted by Gasteiger charge is 2.20. The van der Waals surface area contributed by atoms with E-state index in [4.69, 9.17) is 0 Å². The molecule has 1 aliphatic carbocycles. The molecular formula is C24H26FN5O3S.